The van der Waals surface area contributed by atoms with E-state index < -0.39 is 5.82 Å². The number of halogens is 1. The Kier molecular flexibility index (Phi) is 5.30. The van der Waals surface area contributed by atoms with Crippen LogP contribution in [0.1, 0.15) is 5.56 Å². The number of aliphatic imine (C=N–C) groups is 1. The highest BCUT2D eigenvalue weighted by Gasteiger charge is 2.24. The van der Waals surface area contributed by atoms with E-state index in [1.807, 2.05) is 24.3 Å². The van der Waals surface area contributed by atoms with Crippen molar-refractivity contribution in [2.24, 2.45) is 4.99 Å². The summed E-state index contributed by atoms with van der Waals surface area (Å²) in [6.07, 6.45) is 3.38. The van der Waals surface area contributed by atoms with Crippen molar-refractivity contribution in [2.45, 2.75) is 0 Å². The molecule has 0 aromatic heterocycles. The van der Waals surface area contributed by atoms with E-state index in [9.17, 15) is 9.18 Å². The van der Waals surface area contributed by atoms with Gasteiger partial charge in [-0.05, 0) is 36.0 Å². The highest BCUT2D eigenvalue weighted by atomic mass is 32.2. The highest BCUT2D eigenvalue weighted by molar-refractivity contribution is 8.18. The van der Waals surface area contributed by atoms with E-state index in [1.54, 1.807) is 30.4 Å². The summed E-state index contributed by atoms with van der Waals surface area (Å²) in [5.74, 6) is -0.0631. The number of benzene rings is 2. The Morgan fingerprint density at radius 3 is 2.76 bits per heavy atom. The van der Waals surface area contributed by atoms with Gasteiger partial charge in [0.1, 0.15) is 23.9 Å². The van der Waals surface area contributed by atoms with Gasteiger partial charge in [-0.3, -0.25) is 4.79 Å². The van der Waals surface area contributed by atoms with Gasteiger partial charge in [0, 0.05) is 5.56 Å². The number of para-hydroxylation sites is 2. The van der Waals surface area contributed by atoms with E-state index in [-0.39, 0.29) is 11.6 Å². The molecule has 1 aliphatic rings. The molecule has 1 N–H and O–H groups in total. The number of rotatable bonds is 5. The van der Waals surface area contributed by atoms with Gasteiger partial charge in [0.15, 0.2) is 5.17 Å². The highest BCUT2D eigenvalue weighted by Crippen LogP contribution is 2.31. The zero-order valence-electron chi connectivity index (χ0n) is 13.2. The molecule has 0 aliphatic carbocycles. The van der Waals surface area contributed by atoms with Crippen LogP contribution in [0.15, 0.2) is 71.1 Å². The number of carbonyl (C=O) groups excluding carboxylic acids is 1. The van der Waals surface area contributed by atoms with Gasteiger partial charge in [-0.15, -0.1) is 0 Å². The number of hydrogen-bond donors (Lipinski definition) is 1. The Bertz CT molecular complexity index is 877. The van der Waals surface area contributed by atoms with Crippen molar-refractivity contribution in [1.29, 1.82) is 0 Å². The molecule has 0 unspecified atom stereocenters. The number of ether oxygens (including phenoxy) is 1. The first-order chi connectivity index (χ1) is 12.2. The molecule has 126 valence electrons. The van der Waals surface area contributed by atoms with Crippen LogP contribution < -0.4 is 10.1 Å². The number of amides is 1. The van der Waals surface area contributed by atoms with Gasteiger partial charge in [-0.2, -0.15) is 0 Å². The smallest absolute Gasteiger partial charge is 0.264 e. The van der Waals surface area contributed by atoms with Crippen LogP contribution in [0.25, 0.3) is 6.08 Å². The van der Waals surface area contributed by atoms with Crippen LogP contribution >= 0.6 is 11.8 Å². The first-order valence-corrected chi connectivity index (χ1v) is 8.36. The summed E-state index contributed by atoms with van der Waals surface area (Å²) >= 11 is 1.16. The van der Waals surface area contributed by atoms with Gasteiger partial charge < -0.3 is 10.1 Å². The van der Waals surface area contributed by atoms with E-state index in [4.69, 9.17) is 4.74 Å². The van der Waals surface area contributed by atoms with Gasteiger partial charge in [-0.25, -0.2) is 9.38 Å². The standard InChI is InChI=1S/C19H15FN2O2S/c1-2-11-24-16-10-6-3-7-13(16)12-17-18(23)22-19(25-17)21-15-9-5-4-8-14(15)20/h2-10,12H,1,11H2,(H,21,22,23). The van der Waals surface area contributed by atoms with Crippen LogP contribution in [-0.4, -0.2) is 17.7 Å². The molecule has 1 aliphatic heterocycles. The minimum Gasteiger partial charge on any atom is -0.489 e. The summed E-state index contributed by atoms with van der Waals surface area (Å²) in [6, 6.07) is 13.5. The van der Waals surface area contributed by atoms with E-state index >= 15 is 0 Å². The fraction of sp³-hybridized carbons (Fsp3) is 0.0526. The molecule has 0 bridgehead atoms. The largest absolute Gasteiger partial charge is 0.489 e. The number of nitrogens with zero attached hydrogens (tertiary/aromatic N) is 1. The van der Waals surface area contributed by atoms with Crippen LogP contribution in [0.2, 0.25) is 0 Å². The average molecular weight is 354 g/mol. The van der Waals surface area contributed by atoms with Gasteiger partial charge in [-0.1, -0.05) is 43.0 Å². The Hall–Kier alpha value is -2.86. The average Bonchev–Trinajstić information content (AvgIpc) is 2.95. The maximum Gasteiger partial charge on any atom is 0.264 e. The maximum atomic E-state index is 13.7. The third-order valence-corrected chi connectivity index (χ3v) is 4.20. The molecule has 0 spiro atoms. The van der Waals surface area contributed by atoms with E-state index in [0.717, 1.165) is 17.3 Å². The summed E-state index contributed by atoms with van der Waals surface area (Å²) in [7, 11) is 0. The number of thioether (sulfide) groups is 1. The lowest BCUT2D eigenvalue weighted by Crippen LogP contribution is -2.19. The van der Waals surface area contributed by atoms with Crippen molar-refractivity contribution in [2.75, 3.05) is 6.61 Å². The normalized spacial score (nSPS) is 16.9. The summed E-state index contributed by atoms with van der Waals surface area (Å²) in [5.41, 5.74) is 0.954. The zero-order valence-corrected chi connectivity index (χ0v) is 14.1. The second kappa shape index (κ2) is 7.81. The summed E-state index contributed by atoms with van der Waals surface area (Å²) < 4.78 is 19.3. The molecule has 0 saturated carbocycles. The van der Waals surface area contributed by atoms with Crippen LogP contribution in [0.3, 0.4) is 0 Å². The second-order valence-electron chi connectivity index (χ2n) is 5.07. The van der Waals surface area contributed by atoms with Crippen molar-refractivity contribution < 1.29 is 13.9 Å². The number of nitrogens with one attached hydrogen (secondary N) is 1. The summed E-state index contributed by atoms with van der Waals surface area (Å²) in [4.78, 5) is 16.8. The predicted octanol–water partition coefficient (Wildman–Crippen LogP) is 4.28. The van der Waals surface area contributed by atoms with Crippen molar-refractivity contribution in [1.82, 2.24) is 5.32 Å². The monoisotopic (exact) mass is 354 g/mol. The molecule has 3 rings (SSSR count). The number of amidine groups is 1. The molecule has 2 aromatic carbocycles. The van der Waals surface area contributed by atoms with E-state index in [1.165, 1.54) is 6.07 Å². The Balaban J connectivity index is 1.85. The number of hydrogen-bond acceptors (Lipinski definition) is 4. The molecule has 1 amide bonds. The van der Waals surface area contributed by atoms with Gasteiger partial charge in [0.2, 0.25) is 0 Å². The van der Waals surface area contributed by atoms with Gasteiger partial charge in [0.25, 0.3) is 5.91 Å². The number of carbonyl (C=O) groups is 1. The lowest BCUT2D eigenvalue weighted by Gasteiger charge is -2.06. The molecule has 2 aromatic rings. The van der Waals surface area contributed by atoms with Crippen LogP contribution in [0.5, 0.6) is 5.75 Å². The molecule has 0 radical (unpaired) electrons. The topological polar surface area (TPSA) is 50.7 Å². The fourth-order valence-corrected chi connectivity index (χ4v) is 2.98. The fourth-order valence-electron chi connectivity index (χ4n) is 2.15. The molecular weight excluding hydrogens is 339 g/mol. The Labute approximate surface area is 149 Å². The molecule has 1 saturated heterocycles. The first kappa shape index (κ1) is 17.0. The van der Waals surface area contributed by atoms with Gasteiger partial charge >= 0.3 is 0 Å². The van der Waals surface area contributed by atoms with Crippen molar-refractivity contribution in [3.05, 3.63) is 77.5 Å². The third-order valence-electron chi connectivity index (χ3n) is 3.29. The Morgan fingerprint density at radius 2 is 1.96 bits per heavy atom. The lowest BCUT2D eigenvalue weighted by atomic mass is 10.2. The van der Waals surface area contributed by atoms with Crippen molar-refractivity contribution in [3.63, 3.8) is 0 Å². The summed E-state index contributed by atoms with van der Waals surface area (Å²) in [6.45, 7) is 4.00. The SMILES string of the molecule is C=CCOc1ccccc1C=C1SC(=Nc2ccccc2F)NC1=O. The maximum absolute atomic E-state index is 13.7. The second-order valence-corrected chi connectivity index (χ2v) is 6.10. The lowest BCUT2D eigenvalue weighted by molar-refractivity contribution is -0.115. The quantitative estimate of drug-likeness (QED) is 0.644. The predicted molar refractivity (Wildman–Crippen MR) is 99.3 cm³/mol. The van der Waals surface area contributed by atoms with Crippen LogP contribution in [0.4, 0.5) is 10.1 Å². The molecule has 1 fully saturated rings. The molecular formula is C19H15FN2O2S. The van der Waals surface area contributed by atoms with Crippen LogP contribution in [0, 0.1) is 5.82 Å². The van der Waals surface area contributed by atoms with Crippen molar-refractivity contribution >= 4 is 34.6 Å². The minimum absolute atomic E-state index is 0.182. The molecule has 6 heteroatoms. The minimum atomic E-state index is -0.439. The van der Waals surface area contributed by atoms with Gasteiger partial charge in [0.05, 0.1) is 4.91 Å². The Morgan fingerprint density at radius 1 is 1.20 bits per heavy atom. The van der Waals surface area contributed by atoms with Crippen LogP contribution in [-0.2, 0) is 4.79 Å². The molecule has 25 heavy (non-hydrogen) atoms. The van der Waals surface area contributed by atoms with E-state index in [2.05, 4.69) is 16.9 Å². The molecule has 0 atom stereocenters. The third kappa shape index (κ3) is 4.16. The zero-order chi connectivity index (χ0) is 17.6. The first-order valence-electron chi connectivity index (χ1n) is 7.54. The van der Waals surface area contributed by atoms with E-state index in [0.29, 0.717) is 22.4 Å². The molecule has 4 nitrogen and oxygen atoms in total. The molecule has 1 heterocycles. The summed E-state index contributed by atoms with van der Waals surface area (Å²) in [5, 5.41) is 2.98. The van der Waals surface area contributed by atoms with Crippen molar-refractivity contribution in [3.8, 4) is 5.75 Å².